The van der Waals surface area contributed by atoms with Crippen LogP contribution in [0.2, 0.25) is 0 Å². The van der Waals surface area contributed by atoms with Crippen molar-refractivity contribution in [2.75, 3.05) is 12.8 Å². The molecule has 0 aliphatic rings. The van der Waals surface area contributed by atoms with Gasteiger partial charge < -0.3 is 15.5 Å². The molecule has 1 rings (SSSR count). The predicted molar refractivity (Wildman–Crippen MR) is 41.3 cm³/mol. The Labute approximate surface area is 64.4 Å². The fourth-order valence-corrected chi connectivity index (χ4v) is 0.882. The van der Waals surface area contributed by atoms with Crippen LogP contribution in [0.4, 0.5) is 5.69 Å². The van der Waals surface area contributed by atoms with Gasteiger partial charge in [0.1, 0.15) is 5.69 Å². The van der Waals surface area contributed by atoms with Crippen LogP contribution in [0.15, 0.2) is 6.07 Å². The van der Waals surface area contributed by atoms with Gasteiger partial charge in [0, 0.05) is 5.69 Å². The monoisotopic (exact) mass is 154 g/mol. The van der Waals surface area contributed by atoms with Crippen LogP contribution in [0.25, 0.3) is 0 Å². The number of carbonyl (C=O) groups excluding carboxylic acids is 1. The van der Waals surface area contributed by atoms with Gasteiger partial charge in [0.2, 0.25) is 0 Å². The van der Waals surface area contributed by atoms with Crippen molar-refractivity contribution in [2.24, 2.45) is 0 Å². The molecular formula is C7H10N2O2. The molecule has 11 heavy (non-hydrogen) atoms. The average molecular weight is 154 g/mol. The van der Waals surface area contributed by atoms with E-state index in [0.29, 0.717) is 11.4 Å². The summed E-state index contributed by atoms with van der Waals surface area (Å²) < 4.78 is 4.48. The normalized spacial score (nSPS) is 9.64. The zero-order chi connectivity index (χ0) is 8.43. The van der Waals surface area contributed by atoms with Crippen LogP contribution in [0.5, 0.6) is 0 Å². The Morgan fingerprint density at radius 2 is 2.36 bits per heavy atom. The average Bonchev–Trinajstić information content (AvgIpc) is 2.28. The number of hydrogen-bond donors (Lipinski definition) is 2. The van der Waals surface area contributed by atoms with E-state index in [1.165, 1.54) is 7.11 Å². The van der Waals surface area contributed by atoms with Gasteiger partial charge in [-0.2, -0.15) is 0 Å². The summed E-state index contributed by atoms with van der Waals surface area (Å²) in [5, 5.41) is 0. The minimum absolute atomic E-state index is 0.324. The second kappa shape index (κ2) is 2.65. The van der Waals surface area contributed by atoms with Crippen molar-refractivity contribution in [1.82, 2.24) is 4.98 Å². The number of nitrogens with one attached hydrogen (secondary N) is 1. The Bertz CT molecular complexity index is 278. The number of aromatic amines is 1. The molecule has 0 spiro atoms. The number of aryl methyl sites for hydroxylation is 1. The van der Waals surface area contributed by atoms with E-state index < -0.39 is 5.97 Å². The lowest BCUT2D eigenvalue weighted by molar-refractivity contribution is 0.0596. The Balaban J connectivity index is 3.03. The van der Waals surface area contributed by atoms with E-state index in [1.807, 2.05) is 6.92 Å². The van der Waals surface area contributed by atoms with Gasteiger partial charge in [-0.25, -0.2) is 4.79 Å². The molecule has 0 bridgehead atoms. The number of esters is 1. The number of ether oxygens (including phenoxy) is 1. The maximum Gasteiger partial charge on any atom is 0.356 e. The van der Waals surface area contributed by atoms with Gasteiger partial charge in [-0.05, 0) is 13.0 Å². The number of carbonyl (C=O) groups is 1. The lowest BCUT2D eigenvalue weighted by Crippen LogP contribution is -2.04. The molecule has 0 aromatic carbocycles. The van der Waals surface area contributed by atoms with E-state index in [1.54, 1.807) is 6.07 Å². The summed E-state index contributed by atoms with van der Waals surface area (Å²) in [6.45, 7) is 1.82. The fourth-order valence-electron chi connectivity index (χ4n) is 0.882. The van der Waals surface area contributed by atoms with Crippen molar-refractivity contribution in [3.63, 3.8) is 0 Å². The second-order valence-electron chi connectivity index (χ2n) is 2.27. The number of rotatable bonds is 1. The van der Waals surface area contributed by atoms with Crippen LogP contribution in [-0.2, 0) is 4.74 Å². The van der Waals surface area contributed by atoms with E-state index in [-0.39, 0.29) is 0 Å². The molecule has 3 N–H and O–H groups in total. The van der Waals surface area contributed by atoms with E-state index in [2.05, 4.69) is 9.72 Å². The molecule has 0 saturated carbocycles. The third-order valence-corrected chi connectivity index (χ3v) is 1.37. The molecule has 0 aliphatic heterocycles. The lowest BCUT2D eigenvalue weighted by atomic mass is 10.4. The highest BCUT2D eigenvalue weighted by molar-refractivity contribution is 5.93. The Hall–Kier alpha value is -1.45. The third-order valence-electron chi connectivity index (χ3n) is 1.37. The molecular weight excluding hydrogens is 144 g/mol. The molecule has 0 aliphatic carbocycles. The lowest BCUT2D eigenvalue weighted by Gasteiger charge is -1.95. The highest BCUT2D eigenvalue weighted by Crippen LogP contribution is 2.12. The first kappa shape index (κ1) is 7.65. The standard InChI is InChI=1S/C7H10N2O2/c1-4-3-5(8)6(9-4)7(10)11-2/h3,9H,8H2,1-2H3. The molecule has 4 nitrogen and oxygen atoms in total. The van der Waals surface area contributed by atoms with Crippen molar-refractivity contribution >= 4 is 11.7 Å². The molecule has 0 saturated heterocycles. The molecule has 4 heteroatoms. The van der Waals surface area contributed by atoms with Gasteiger partial charge in [-0.3, -0.25) is 0 Å². The molecule has 1 heterocycles. The number of hydrogen-bond acceptors (Lipinski definition) is 3. The van der Waals surface area contributed by atoms with Gasteiger partial charge in [-0.15, -0.1) is 0 Å². The van der Waals surface area contributed by atoms with Crippen LogP contribution >= 0.6 is 0 Å². The van der Waals surface area contributed by atoms with Crippen LogP contribution in [0, 0.1) is 6.92 Å². The van der Waals surface area contributed by atoms with Crippen LogP contribution in [0.3, 0.4) is 0 Å². The highest BCUT2D eigenvalue weighted by atomic mass is 16.5. The van der Waals surface area contributed by atoms with Crippen LogP contribution in [0.1, 0.15) is 16.2 Å². The van der Waals surface area contributed by atoms with Crippen LogP contribution in [-0.4, -0.2) is 18.1 Å². The number of nitrogens with two attached hydrogens (primary N) is 1. The second-order valence-corrected chi connectivity index (χ2v) is 2.27. The largest absolute Gasteiger partial charge is 0.464 e. The van der Waals surface area contributed by atoms with Crippen molar-refractivity contribution < 1.29 is 9.53 Å². The molecule has 0 fully saturated rings. The first-order valence-electron chi connectivity index (χ1n) is 3.18. The maximum atomic E-state index is 10.9. The SMILES string of the molecule is COC(=O)c1[nH]c(C)cc1N. The smallest absolute Gasteiger partial charge is 0.356 e. The van der Waals surface area contributed by atoms with Crippen molar-refractivity contribution in [3.8, 4) is 0 Å². The molecule has 1 aromatic rings. The molecule has 60 valence electrons. The van der Waals surface area contributed by atoms with E-state index in [4.69, 9.17) is 5.73 Å². The summed E-state index contributed by atoms with van der Waals surface area (Å²) in [4.78, 5) is 13.7. The van der Waals surface area contributed by atoms with Crippen molar-refractivity contribution in [2.45, 2.75) is 6.92 Å². The zero-order valence-corrected chi connectivity index (χ0v) is 6.47. The van der Waals surface area contributed by atoms with Gasteiger partial charge in [0.15, 0.2) is 0 Å². The zero-order valence-electron chi connectivity index (χ0n) is 6.47. The molecule has 0 amide bonds. The summed E-state index contributed by atoms with van der Waals surface area (Å²) in [5.41, 5.74) is 7.09. The topological polar surface area (TPSA) is 68.1 Å². The maximum absolute atomic E-state index is 10.9. The Morgan fingerprint density at radius 3 is 2.73 bits per heavy atom. The quantitative estimate of drug-likeness (QED) is 0.585. The van der Waals surface area contributed by atoms with Crippen LogP contribution < -0.4 is 5.73 Å². The Kier molecular flexibility index (Phi) is 1.85. The number of anilines is 1. The van der Waals surface area contributed by atoms with E-state index >= 15 is 0 Å². The van der Waals surface area contributed by atoms with Crippen molar-refractivity contribution in [1.29, 1.82) is 0 Å². The molecule has 1 aromatic heterocycles. The highest BCUT2D eigenvalue weighted by Gasteiger charge is 2.11. The molecule has 0 unspecified atom stereocenters. The van der Waals surface area contributed by atoms with Crippen molar-refractivity contribution in [3.05, 3.63) is 17.5 Å². The minimum atomic E-state index is -0.435. The fraction of sp³-hybridized carbons (Fsp3) is 0.286. The molecule has 0 atom stereocenters. The predicted octanol–water partition coefficient (Wildman–Crippen LogP) is 0.692. The summed E-state index contributed by atoms with van der Waals surface area (Å²) >= 11 is 0. The summed E-state index contributed by atoms with van der Waals surface area (Å²) in [6.07, 6.45) is 0. The van der Waals surface area contributed by atoms with Gasteiger partial charge >= 0.3 is 5.97 Å². The number of nitrogen functional groups attached to an aromatic ring is 1. The summed E-state index contributed by atoms with van der Waals surface area (Å²) in [5.74, 6) is -0.435. The van der Waals surface area contributed by atoms with Gasteiger partial charge in [0.05, 0.1) is 12.8 Å². The summed E-state index contributed by atoms with van der Waals surface area (Å²) in [6, 6.07) is 1.69. The van der Waals surface area contributed by atoms with E-state index in [9.17, 15) is 4.79 Å². The third kappa shape index (κ3) is 1.34. The number of aromatic nitrogens is 1. The van der Waals surface area contributed by atoms with Gasteiger partial charge in [-0.1, -0.05) is 0 Å². The minimum Gasteiger partial charge on any atom is -0.464 e. The Morgan fingerprint density at radius 1 is 1.73 bits per heavy atom. The number of methoxy groups -OCH3 is 1. The van der Waals surface area contributed by atoms with E-state index in [0.717, 1.165) is 5.69 Å². The first-order chi connectivity index (χ1) is 5.15. The number of H-pyrrole nitrogens is 1. The van der Waals surface area contributed by atoms with Gasteiger partial charge in [0.25, 0.3) is 0 Å². The first-order valence-corrected chi connectivity index (χ1v) is 3.18. The summed E-state index contributed by atoms with van der Waals surface area (Å²) in [7, 11) is 1.32. The molecule has 0 radical (unpaired) electrons.